The van der Waals surface area contributed by atoms with Gasteiger partial charge in [-0.1, -0.05) is 59.0 Å². The molecule has 10 nitrogen and oxygen atoms in total. The van der Waals surface area contributed by atoms with Crippen LogP contribution in [0.1, 0.15) is 82.5 Å². The molecule has 1 aromatic rings. The van der Waals surface area contributed by atoms with Crippen LogP contribution in [0.3, 0.4) is 0 Å². The Kier molecular flexibility index (Phi) is 9.91. The number of rotatable bonds is 14. The Bertz CT molecular complexity index is 924. The lowest BCUT2D eigenvalue weighted by molar-refractivity contribution is -0.394. The first kappa shape index (κ1) is 27.9. The van der Waals surface area contributed by atoms with Gasteiger partial charge in [0.05, 0.1) is 27.5 Å². The summed E-state index contributed by atoms with van der Waals surface area (Å²) < 4.78 is 0. The number of hydrogen-bond acceptors (Lipinski definition) is 6. The van der Waals surface area contributed by atoms with Gasteiger partial charge in [0.2, 0.25) is 5.91 Å². The highest BCUT2D eigenvalue weighted by Gasteiger charge is 2.52. The van der Waals surface area contributed by atoms with Gasteiger partial charge in [-0.15, -0.1) is 6.58 Å². The van der Waals surface area contributed by atoms with Gasteiger partial charge in [0.15, 0.2) is 0 Å². The molecule has 1 unspecified atom stereocenters. The number of nitro benzene ring substituents is 2. The van der Waals surface area contributed by atoms with Crippen LogP contribution in [-0.4, -0.2) is 45.2 Å². The summed E-state index contributed by atoms with van der Waals surface area (Å²) in [6, 6.07) is 1.73. The van der Waals surface area contributed by atoms with Crippen molar-refractivity contribution in [3.05, 3.63) is 56.6 Å². The summed E-state index contributed by atoms with van der Waals surface area (Å²) in [6.45, 7) is 10.3. The van der Waals surface area contributed by atoms with Crippen LogP contribution in [0.25, 0.3) is 0 Å². The second-order valence-electron chi connectivity index (χ2n) is 10.1. The Hall–Kier alpha value is -3.30. The highest BCUT2D eigenvalue weighted by atomic mass is 16.6. The van der Waals surface area contributed by atoms with E-state index >= 15 is 0 Å². The van der Waals surface area contributed by atoms with Crippen molar-refractivity contribution in [2.45, 2.75) is 84.2 Å². The number of carbonyl (C=O) groups is 2. The number of β-lactam (4-membered cyclic amide) rings is 1. The van der Waals surface area contributed by atoms with Crippen LogP contribution in [-0.2, 0) is 4.79 Å². The van der Waals surface area contributed by atoms with Crippen LogP contribution >= 0.6 is 0 Å². The fourth-order valence-electron chi connectivity index (χ4n) is 4.52. The lowest BCUT2D eigenvalue weighted by Crippen LogP contribution is -2.74. The molecule has 0 radical (unpaired) electrons. The van der Waals surface area contributed by atoms with Crippen molar-refractivity contribution in [1.29, 1.82) is 0 Å². The van der Waals surface area contributed by atoms with Crippen molar-refractivity contribution in [1.82, 2.24) is 10.2 Å². The molecule has 0 aromatic heterocycles. The van der Waals surface area contributed by atoms with Crippen molar-refractivity contribution < 1.29 is 19.4 Å². The lowest BCUT2D eigenvalue weighted by atomic mass is 9.75. The van der Waals surface area contributed by atoms with Gasteiger partial charge in [0.1, 0.15) is 6.04 Å². The van der Waals surface area contributed by atoms with Gasteiger partial charge in [-0.2, -0.15) is 0 Å². The quantitative estimate of drug-likeness (QED) is 0.126. The molecule has 0 saturated carbocycles. The van der Waals surface area contributed by atoms with E-state index in [1.165, 1.54) is 25.7 Å². The van der Waals surface area contributed by atoms with E-state index in [0.29, 0.717) is 6.54 Å². The van der Waals surface area contributed by atoms with E-state index in [9.17, 15) is 29.8 Å². The number of non-ortho nitro benzene ring substituents is 2. The van der Waals surface area contributed by atoms with E-state index < -0.39 is 33.2 Å². The molecule has 1 aromatic carbocycles. The van der Waals surface area contributed by atoms with Crippen LogP contribution in [0.2, 0.25) is 0 Å². The van der Waals surface area contributed by atoms with Gasteiger partial charge in [-0.3, -0.25) is 29.8 Å². The maximum atomic E-state index is 12.9. The first-order valence-electron chi connectivity index (χ1n) is 12.1. The number of hydrogen-bond donors (Lipinski definition) is 1. The van der Waals surface area contributed by atoms with Gasteiger partial charge >= 0.3 is 0 Å². The number of likely N-dealkylation sites (tertiary alicyclic amines) is 1. The number of nitrogens with one attached hydrogen (secondary N) is 1. The predicted octanol–water partition coefficient (Wildman–Crippen LogP) is 5.17. The minimum Gasteiger partial charge on any atom is -0.338 e. The normalized spacial score (nSPS) is 17.6. The standard InChI is InChI=1S/C25H36N4O6/c1-5-6-7-8-9-10-11-12-13-14-27-22(25(2,3)4)21(24(27)31)26-23(30)18-15-19(28(32)33)17-20(16-18)29(34)35/h5,15-17,21-22H,1,6-14H2,2-4H3,(H,26,30)/t21-,22?/m0/s1. The lowest BCUT2D eigenvalue weighted by Gasteiger charge is -2.53. The molecule has 1 N–H and O–H groups in total. The largest absolute Gasteiger partial charge is 0.338 e. The van der Waals surface area contributed by atoms with Crippen LogP contribution in [0, 0.1) is 25.6 Å². The molecular formula is C25H36N4O6. The highest BCUT2D eigenvalue weighted by Crippen LogP contribution is 2.36. The summed E-state index contributed by atoms with van der Waals surface area (Å²) in [5, 5.41) is 24.9. The molecule has 2 atom stereocenters. The van der Waals surface area contributed by atoms with Crippen LogP contribution in [0.4, 0.5) is 11.4 Å². The summed E-state index contributed by atoms with van der Waals surface area (Å²) >= 11 is 0. The topological polar surface area (TPSA) is 136 Å². The first-order valence-corrected chi connectivity index (χ1v) is 12.1. The molecule has 35 heavy (non-hydrogen) atoms. The summed E-state index contributed by atoms with van der Waals surface area (Å²) in [7, 11) is 0. The zero-order valence-electron chi connectivity index (χ0n) is 20.8. The van der Waals surface area contributed by atoms with Gasteiger partial charge in [-0.05, 0) is 24.7 Å². The molecule has 1 aliphatic rings. The molecule has 0 spiro atoms. The average molecular weight is 489 g/mol. The molecule has 2 rings (SSSR count). The van der Waals surface area contributed by atoms with Crippen LogP contribution < -0.4 is 5.32 Å². The third kappa shape index (κ3) is 7.60. The maximum absolute atomic E-state index is 12.9. The summed E-state index contributed by atoms with van der Waals surface area (Å²) in [5.74, 6) is -0.955. The maximum Gasteiger partial charge on any atom is 0.277 e. The number of nitro groups is 2. The number of carbonyl (C=O) groups excluding carboxylic acids is 2. The fourth-order valence-corrected chi connectivity index (χ4v) is 4.52. The second-order valence-corrected chi connectivity index (χ2v) is 10.1. The molecular weight excluding hydrogens is 452 g/mol. The van der Waals surface area contributed by atoms with Gasteiger partial charge in [-0.25, -0.2) is 0 Å². The van der Waals surface area contributed by atoms with E-state index in [2.05, 4.69) is 11.9 Å². The van der Waals surface area contributed by atoms with Crippen molar-refractivity contribution >= 4 is 23.2 Å². The third-order valence-electron chi connectivity index (χ3n) is 6.27. The van der Waals surface area contributed by atoms with E-state index in [4.69, 9.17) is 0 Å². The van der Waals surface area contributed by atoms with Gasteiger partial charge in [0, 0.05) is 18.7 Å². The summed E-state index contributed by atoms with van der Waals surface area (Å²) in [4.78, 5) is 48.2. The Morgan fingerprint density at radius 1 is 1.00 bits per heavy atom. The minimum atomic E-state index is -0.792. The minimum absolute atomic E-state index is 0.206. The Labute approximate surface area is 206 Å². The number of amides is 2. The molecule has 1 fully saturated rings. The Balaban J connectivity index is 1.97. The van der Waals surface area contributed by atoms with E-state index in [-0.39, 0.29) is 22.9 Å². The average Bonchev–Trinajstić information content (AvgIpc) is 2.79. The van der Waals surface area contributed by atoms with Crippen molar-refractivity contribution in [2.75, 3.05) is 6.54 Å². The monoisotopic (exact) mass is 488 g/mol. The summed E-state index contributed by atoms with van der Waals surface area (Å²) in [6.07, 6.45) is 10.8. The first-order chi connectivity index (χ1) is 16.5. The van der Waals surface area contributed by atoms with E-state index in [0.717, 1.165) is 43.9 Å². The van der Waals surface area contributed by atoms with Crippen molar-refractivity contribution in [3.8, 4) is 0 Å². The van der Waals surface area contributed by atoms with Gasteiger partial charge in [0.25, 0.3) is 17.3 Å². The van der Waals surface area contributed by atoms with Crippen LogP contribution in [0.15, 0.2) is 30.9 Å². The Morgan fingerprint density at radius 3 is 2.00 bits per heavy atom. The molecule has 1 saturated heterocycles. The van der Waals surface area contributed by atoms with E-state index in [1.807, 2.05) is 26.8 Å². The number of unbranched alkanes of at least 4 members (excludes halogenated alkanes) is 7. The van der Waals surface area contributed by atoms with Gasteiger partial charge < -0.3 is 10.2 Å². The smallest absolute Gasteiger partial charge is 0.277 e. The zero-order valence-corrected chi connectivity index (χ0v) is 20.8. The SMILES string of the molecule is C=CCCCCCCCCCN1C(=O)[C@@H](NC(=O)c2cc([N+](=O)[O-])cc([N+](=O)[O-])c2)C1C(C)(C)C. The van der Waals surface area contributed by atoms with Crippen molar-refractivity contribution in [3.63, 3.8) is 0 Å². The molecule has 0 bridgehead atoms. The fraction of sp³-hybridized carbons (Fsp3) is 0.600. The highest BCUT2D eigenvalue weighted by molar-refractivity contribution is 6.00. The predicted molar refractivity (Wildman–Crippen MR) is 133 cm³/mol. The number of allylic oxidation sites excluding steroid dienone is 1. The summed E-state index contributed by atoms with van der Waals surface area (Å²) in [5.41, 5.74) is -1.65. The molecule has 0 aliphatic carbocycles. The van der Waals surface area contributed by atoms with E-state index in [1.54, 1.807) is 4.90 Å². The van der Waals surface area contributed by atoms with Crippen LogP contribution in [0.5, 0.6) is 0 Å². The van der Waals surface area contributed by atoms with Crippen molar-refractivity contribution in [2.24, 2.45) is 5.41 Å². The molecule has 192 valence electrons. The number of benzene rings is 1. The molecule has 2 amide bonds. The second kappa shape index (κ2) is 12.4. The zero-order chi connectivity index (χ0) is 26.2. The Morgan fingerprint density at radius 2 is 1.51 bits per heavy atom. The molecule has 1 heterocycles. The number of nitrogens with zero attached hydrogens (tertiary/aromatic N) is 3. The molecule has 1 aliphatic heterocycles. The third-order valence-corrected chi connectivity index (χ3v) is 6.27. The molecule has 10 heteroatoms.